The third-order valence-electron chi connectivity index (χ3n) is 5.52. The Kier molecular flexibility index (Phi) is 4.49. The molecule has 28 heavy (non-hydrogen) atoms. The molecule has 0 aromatic carbocycles. The molecular formula is C19H25ClN6O2. The normalized spacial score (nSPS) is 18.4. The number of hydrogen-bond acceptors (Lipinski definition) is 6. The fourth-order valence-corrected chi connectivity index (χ4v) is 4.32. The number of carbonyl (C=O) groups is 1. The van der Waals surface area contributed by atoms with Crippen LogP contribution < -0.4 is 5.73 Å². The zero-order valence-corrected chi connectivity index (χ0v) is 17.2. The highest BCUT2D eigenvalue weighted by Gasteiger charge is 2.45. The van der Waals surface area contributed by atoms with Gasteiger partial charge >= 0.3 is 6.09 Å². The van der Waals surface area contributed by atoms with Gasteiger partial charge in [0.1, 0.15) is 17.1 Å². The number of nitrogens with zero attached hydrogens (tertiary/aromatic N) is 5. The molecule has 0 saturated carbocycles. The molecule has 1 saturated heterocycles. The quantitative estimate of drug-likeness (QED) is 0.783. The van der Waals surface area contributed by atoms with Gasteiger partial charge in [-0.25, -0.2) is 19.7 Å². The first-order chi connectivity index (χ1) is 13.2. The number of nitrogen functional groups attached to an aromatic ring is 1. The molecule has 2 aliphatic rings. The number of amides is 1. The van der Waals surface area contributed by atoms with Gasteiger partial charge in [0, 0.05) is 25.0 Å². The van der Waals surface area contributed by atoms with Crippen LogP contribution in [-0.2, 0) is 16.7 Å². The molecule has 2 N–H and O–H groups in total. The molecule has 0 atom stereocenters. The Morgan fingerprint density at radius 3 is 2.54 bits per heavy atom. The van der Waals surface area contributed by atoms with Crippen molar-refractivity contribution >= 4 is 23.6 Å². The van der Waals surface area contributed by atoms with Crippen molar-refractivity contribution in [1.29, 1.82) is 0 Å². The van der Waals surface area contributed by atoms with E-state index in [1.807, 2.05) is 27.0 Å². The van der Waals surface area contributed by atoms with Crippen LogP contribution in [0, 0.1) is 0 Å². The van der Waals surface area contributed by atoms with Crippen LogP contribution >= 0.6 is 11.6 Å². The number of ether oxygens (including phenoxy) is 1. The van der Waals surface area contributed by atoms with Gasteiger partial charge in [-0.1, -0.05) is 11.6 Å². The van der Waals surface area contributed by atoms with E-state index in [1.54, 1.807) is 4.90 Å². The van der Waals surface area contributed by atoms with Crippen molar-refractivity contribution < 1.29 is 9.53 Å². The minimum absolute atomic E-state index is 0.0260. The lowest BCUT2D eigenvalue weighted by atomic mass is 9.77. The molecule has 2 aromatic heterocycles. The molecule has 1 spiro atoms. The first kappa shape index (κ1) is 19.0. The van der Waals surface area contributed by atoms with E-state index < -0.39 is 5.60 Å². The van der Waals surface area contributed by atoms with Crippen LogP contribution in [0.1, 0.15) is 45.9 Å². The summed E-state index contributed by atoms with van der Waals surface area (Å²) in [5, 5.41) is 0.456. The summed E-state index contributed by atoms with van der Waals surface area (Å²) in [5.41, 5.74) is 6.70. The molecule has 1 fully saturated rings. The van der Waals surface area contributed by atoms with Crippen molar-refractivity contribution in [2.75, 3.05) is 18.8 Å². The van der Waals surface area contributed by atoms with Crippen molar-refractivity contribution in [1.82, 2.24) is 24.4 Å². The fraction of sp³-hybridized carbons (Fsp3) is 0.579. The number of rotatable bonds is 1. The number of carbonyl (C=O) groups excluding carboxylic acids is 1. The standard InChI is InChI=1S/C19H25ClN6O2/c1-18(2,3)28-17(27)25-7-4-19(5-8-25)6-9-26-13(11-22-15(19)26)14-12(20)10-23-16(21)24-14/h10-11H,4-9H2,1-3H3,(H2,21,23,24). The number of imidazole rings is 1. The fourth-order valence-electron chi connectivity index (χ4n) is 4.13. The third kappa shape index (κ3) is 3.30. The Bertz CT molecular complexity index is 912. The van der Waals surface area contributed by atoms with E-state index in [0.29, 0.717) is 23.8 Å². The molecule has 4 heterocycles. The SMILES string of the molecule is CC(C)(C)OC(=O)N1CCC2(CC1)CCn1c(-c3nc(N)ncc3Cl)cnc12. The van der Waals surface area contributed by atoms with Gasteiger partial charge in [0.15, 0.2) is 0 Å². The molecule has 0 aliphatic carbocycles. The van der Waals surface area contributed by atoms with E-state index in [9.17, 15) is 4.79 Å². The molecule has 9 heteroatoms. The van der Waals surface area contributed by atoms with Gasteiger partial charge in [-0.3, -0.25) is 0 Å². The Morgan fingerprint density at radius 2 is 1.86 bits per heavy atom. The number of piperidine rings is 1. The number of halogens is 1. The molecule has 2 aromatic rings. The zero-order chi connectivity index (χ0) is 20.1. The van der Waals surface area contributed by atoms with Crippen LogP contribution in [0.5, 0.6) is 0 Å². The molecular weight excluding hydrogens is 380 g/mol. The minimum Gasteiger partial charge on any atom is -0.444 e. The molecule has 0 bridgehead atoms. The Balaban J connectivity index is 1.55. The van der Waals surface area contributed by atoms with E-state index in [-0.39, 0.29) is 17.5 Å². The Hall–Kier alpha value is -2.35. The predicted molar refractivity (Wildman–Crippen MR) is 106 cm³/mol. The highest BCUT2D eigenvalue weighted by atomic mass is 35.5. The van der Waals surface area contributed by atoms with Gasteiger partial charge in [0.05, 0.1) is 23.1 Å². The summed E-state index contributed by atoms with van der Waals surface area (Å²) in [4.78, 5) is 27.1. The number of fused-ring (bicyclic) bond motifs is 2. The summed E-state index contributed by atoms with van der Waals surface area (Å²) >= 11 is 6.29. The first-order valence-electron chi connectivity index (χ1n) is 9.51. The number of anilines is 1. The van der Waals surface area contributed by atoms with E-state index in [2.05, 4.69) is 14.5 Å². The summed E-state index contributed by atoms with van der Waals surface area (Å²) in [5.74, 6) is 1.23. The summed E-state index contributed by atoms with van der Waals surface area (Å²) in [6.45, 7) is 7.83. The van der Waals surface area contributed by atoms with E-state index in [0.717, 1.165) is 37.3 Å². The third-order valence-corrected chi connectivity index (χ3v) is 5.80. The topological polar surface area (TPSA) is 99.2 Å². The van der Waals surface area contributed by atoms with E-state index in [4.69, 9.17) is 27.1 Å². The number of likely N-dealkylation sites (tertiary alicyclic amines) is 1. The van der Waals surface area contributed by atoms with Gasteiger partial charge in [-0.05, 0) is 40.0 Å². The molecule has 2 aliphatic heterocycles. The molecule has 1 amide bonds. The summed E-state index contributed by atoms with van der Waals surface area (Å²) in [6, 6.07) is 0. The van der Waals surface area contributed by atoms with Crippen LogP contribution in [-0.4, -0.2) is 49.2 Å². The van der Waals surface area contributed by atoms with Gasteiger partial charge in [-0.2, -0.15) is 0 Å². The van der Waals surface area contributed by atoms with Gasteiger partial charge < -0.3 is 19.9 Å². The van der Waals surface area contributed by atoms with Crippen molar-refractivity contribution in [3.05, 3.63) is 23.2 Å². The van der Waals surface area contributed by atoms with E-state index in [1.165, 1.54) is 6.20 Å². The minimum atomic E-state index is -0.483. The number of hydrogen-bond donors (Lipinski definition) is 1. The maximum atomic E-state index is 12.4. The van der Waals surface area contributed by atoms with Gasteiger partial charge in [0.2, 0.25) is 5.95 Å². The van der Waals surface area contributed by atoms with Crippen LogP contribution in [0.2, 0.25) is 5.02 Å². The molecule has 0 radical (unpaired) electrons. The van der Waals surface area contributed by atoms with E-state index >= 15 is 0 Å². The van der Waals surface area contributed by atoms with Crippen molar-refractivity contribution in [3.63, 3.8) is 0 Å². The lowest BCUT2D eigenvalue weighted by molar-refractivity contribution is 0.0162. The second kappa shape index (κ2) is 6.62. The monoisotopic (exact) mass is 404 g/mol. The molecule has 0 unspecified atom stereocenters. The smallest absolute Gasteiger partial charge is 0.410 e. The maximum absolute atomic E-state index is 12.4. The summed E-state index contributed by atoms with van der Waals surface area (Å²) < 4.78 is 7.69. The molecule has 4 rings (SSSR count). The van der Waals surface area contributed by atoms with Crippen molar-refractivity contribution in [2.24, 2.45) is 0 Å². The average molecular weight is 405 g/mol. The highest BCUT2D eigenvalue weighted by molar-refractivity contribution is 6.32. The largest absolute Gasteiger partial charge is 0.444 e. The number of aromatic nitrogens is 4. The maximum Gasteiger partial charge on any atom is 0.410 e. The zero-order valence-electron chi connectivity index (χ0n) is 16.4. The highest BCUT2D eigenvalue weighted by Crippen LogP contribution is 2.45. The van der Waals surface area contributed by atoms with Crippen LogP contribution in [0.3, 0.4) is 0 Å². The molecule has 8 nitrogen and oxygen atoms in total. The van der Waals surface area contributed by atoms with Crippen molar-refractivity contribution in [2.45, 2.75) is 57.6 Å². The molecule has 150 valence electrons. The van der Waals surface area contributed by atoms with Gasteiger partial charge in [0.25, 0.3) is 0 Å². The Labute approximate surface area is 169 Å². The van der Waals surface area contributed by atoms with Crippen LogP contribution in [0.15, 0.2) is 12.4 Å². The lowest BCUT2D eigenvalue weighted by Gasteiger charge is -2.38. The lowest BCUT2D eigenvalue weighted by Crippen LogP contribution is -2.46. The van der Waals surface area contributed by atoms with Crippen molar-refractivity contribution in [3.8, 4) is 11.4 Å². The second-order valence-electron chi connectivity index (χ2n) is 8.54. The summed E-state index contributed by atoms with van der Waals surface area (Å²) in [7, 11) is 0. The predicted octanol–water partition coefficient (Wildman–Crippen LogP) is 3.25. The van der Waals surface area contributed by atoms with Crippen LogP contribution in [0.25, 0.3) is 11.4 Å². The van der Waals surface area contributed by atoms with Gasteiger partial charge in [-0.15, -0.1) is 0 Å². The van der Waals surface area contributed by atoms with Crippen LogP contribution in [0.4, 0.5) is 10.7 Å². The number of nitrogens with two attached hydrogens (primary N) is 1. The average Bonchev–Trinajstić information content (AvgIpc) is 3.18. The summed E-state index contributed by atoms with van der Waals surface area (Å²) in [6.07, 6.45) is 5.80. The Morgan fingerprint density at radius 1 is 1.18 bits per heavy atom. The second-order valence-corrected chi connectivity index (χ2v) is 8.95. The first-order valence-corrected chi connectivity index (χ1v) is 9.89.